The second kappa shape index (κ2) is 8.05. The summed E-state index contributed by atoms with van der Waals surface area (Å²) in [7, 11) is 0. The van der Waals surface area contributed by atoms with Gasteiger partial charge in [0.15, 0.2) is 0 Å². The Morgan fingerprint density at radius 3 is 2.45 bits per heavy atom. The summed E-state index contributed by atoms with van der Waals surface area (Å²) < 4.78 is 0. The van der Waals surface area contributed by atoms with E-state index in [1.807, 2.05) is 0 Å². The Morgan fingerprint density at radius 1 is 1.10 bits per heavy atom. The van der Waals surface area contributed by atoms with E-state index in [-0.39, 0.29) is 5.91 Å². The Bertz CT molecular complexity index is 397. The Hall–Kier alpha value is -1.35. The van der Waals surface area contributed by atoms with Crippen LogP contribution in [0.4, 0.5) is 0 Å². The SMILES string of the molecule is NCCCCC(=O)NC1CCC(c2ccccc2)CC1. The monoisotopic (exact) mass is 274 g/mol. The number of nitrogens with two attached hydrogens (primary N) is 1. The highest BCUT2D eigenvalue weighted by Crippen LogP contribution is 2.32. The first-order chi connectivity index (χ1) is 9.79. The van der Waals surface area contributed by atoms with Crippen LogP contribution in [0.1, 0.15) is 56.4 Å². The van der Waals surface area contributed by atoms with E-state index in [0.717, 1.165) is 25.7 Å². The van der Waals surface area contributed by atoms with Crippen LogP contribution in [0.3, 0.4) is 0 Å². The van der Waals surface area contributed by atoms with Crippen LogP contribution in [0.15, 0.2) is 30.3 Å². The first kappa shape index (κ1) is 15.0. The first-order valence-electron chi connectivity index (χ1n) is 7.84. The number of carbonyl (C=O) groups excluding carboxylic acids is 1. The van der Waals surface area contributed by atoms with Crippen LogP contribution >= 0.6 is 0 Å². The molecule has 2 rings (SSSR count). The maximum Gasteiger partial charge on any atom is 0.220 e. The minimum Gasteiger partial charge on any atom is -0.353 e. The van der Waals surface area contributed by atoms with Crippen molar-refractivity contribution >= 4 is 5.91 Å². The lowest BCUT2D eigenvalue weighted by molar-refractivity contribution is -0.122. The van der Waals surface area contributed by atoms with Crippen LogP contribution in [0, 0.1) is 0 Å². The fourth-order valence-electron chi connectivity index (χ4n) is 3.03. The molecule has 110 valence electrons. The van der Waals surface area contributed by atoms with E-state index in [0.29, 0.717) is 24.9 Å². The summed E-state index contributed by atoms with van der Waals surface area (Å²) in [5.74, 6) is 0.864. The van der Waals surface area contributed by atoms with Crippen molar-refractivity contribution in [3.05, 3.63) is 35.9 Å². The quantitative estimate of drug-likeness (QED) is 0.784. The van der Waals surface area contributed by atoms with Gasteiger partial charge in [0.25, 0.3) is 0 Å². The number of nitrogens with one attached hydrogen (secondary N) is 1. The van der Waals surface area contributed by atoms with Crippen molar-refractivity contribution < 1.29 is 4.79 Å². The molecule has 1 saturated carbocycles. The summed E-state index contributed by atoms with van der Waals surface area (Å²) >= 11 is 0. The van der Waals surface area contributed by atoms with E-state index in [9.17, 15) is 4.79 Å². The Kier molecular flexibility index (Phi) is 6.06. The molecule has 1 aromatic rings. The molecule has 0 heterocycles. The molecule has 0 atom stereocenters. The maximum absolute atomic E-state index is 11.8. The van der Waals surface area contributed by atoms with Crippen molar-refractivity contribution in [2.24, 2.45) is 5.73 Å². The zero-order valence-corrected chi connectivity index (χ0v) is 12.2. The maximum atomic E-state index is 11.8. The minimum absolute atomic E-state index is 0.196. The van der Waals surface area contributed by atoms with Crippen LogP contribution in [0.2, 0.25) is 0 Å². The molecule has 3 N–H and O–H groups in total. The second-order valence-electron chi connectivity index (χ2n) is 5.77. The van der Waals surface area contributed by atoms with E-state index in [2.05, 4.69) is 35.6 Å². The average molecular weight is 274 g/mol. The highest BCUT2D eigenvalue weighted by atomic mass is 16.1. The molecular weight excluding hydrogens is 248 g/mol. The lowest BCUT2D eigenvalue weighted by atomic mass is 9.82. The molecule has 0 saturated heterocycles. The van der Waals surface area contributed by atoms with Crippen LogP contribution in [0.5, 0.6) is 0 Å². The molecule has 0 aliphatic heterocycles. The summed E-state index contributed by atoms with van der Waals surface area (Å²) in [6.45, 7) is 0.676. The third-order valence-electron chi connectivity index (χ3n) is 4.22. The number of amides is 1. The van der Waals surface area contributed by atoms with Crippen molar-refractivity contribution in [1.29, 1.82) is 0 Å². The smallest absolute Gasteiger partial charge is 0.220 e. The first-order valence-corrected chi connectivity index (χ1v) is 7.84. The molecule has 1 aliphatic carbocycles. The van der Waals surface area contributed by atoms with Gasteiger partial charge in [-0.15, -0.1) is 0 Å². The summed E-state index contributed by atoms with van der Waals surface area (Å²) in [5, 5.41) is 3.17. The van der Waals surface area contributed by atoms with Gasteiger partial charge in [-0.3, -0.25) is 4.79 Å². The normalized spacial score (nSPS) is 22.4. The molecule has 0 spiro atoms. The number of hydrogen-bond acceptors (Lipinski definition) is 2. The van der Waals surface area contributed by atoms with E-state index >= 15 is 0 Å². The molecule has 3 heteroatoms. The van der Waals surface area contributed by atoms with Crippen LogP contribution in [-0.2, 0) is 4.79 Å². The topological polar surface area (TPSA) is 55.1 Å². The predicted octanol–water partition coefficient (Wildman–Crippen LogP) is 2.96. The van der Waals surface area contributed by atoms with Gasteiger partial charge in [0.05, 0.1) is 0 Å². The lowest BCUT2D eigenvalue weighted by Crippen LogP contribution is -2.37. The zero-order valence-electron chi connectivity index (χ0n) is 12.2. The number of carbonyl (C=O) groups is 1. The number of benzene rings is 1. The van der Waals surface area contributed by atoms with Gasteiger partial charge in [0, 0.05) is 12.5 Å². The van der Waals surface area contributed by atoms with Gasteiger partial charge in [-0.25, -0.2) is 0 Å². The molecule has 1 aliphatic rings. The minimum atomic E-state index is 0.196. The zero-order chi connectivity index (χ0) is 14.2. The van der Waals surface area contributed by atoms with Crippen molar-refractivity contribution in [3.63, 3.8) is 0 Å². The van der Waals surface area contributed by atoms with Crippen molar-refractivity contribution in [2.75, 3.05) is 6.54 Å². The van der Waals surface area contributed by atoms with Gasteiger partial charge in [-0.2, -0.15) is 0 Å². The molecule has 0 unspecified atom stereocenters. The molecule has 20 heavy (non-hydrogen) atoms. The van der Waals surface area contributed by atoms with Gasteiger partial charge in [0.2, 0.25) is 5.91 Å². The second-order valence-corrected chi connectivity index (χ2v) is 5.77. The van der Waals surface area contributed by atoms with Gasteiger partial charge in [-0.05, 0) is 56.6 Å². The van der Waals surface area contributed by atoms with E-state index in [1.54, 1.807) is 0 Å². The number of rotatable bonds is 6. The molecular formula is C17H26N2O. The molecule has 0 aromatic heterocycles. The van der Waals surface area contributed by atoms with Crippen LogP contribution in [0.25, 0.3) is 0 Å². The van der Waals surface area contributed by atoms with Gasteiger partial charge < -0.3 is 11.1 Å². The fraction of sp³-hybridized carbons (Fsp3) is 0.588. The predicted molar refractivity (Wildman–Crippen MR) is 82.5 cm³/mol. The fourth-order valence-corrected chi connectivity index (χ4v) is 3.03. The summed E-state index contributed by atoms with van der Waals surface area (Å²) in [6, 6.07) is 11.1. The third kappa shape index (κ3) is 4.64. The largest absolute Gasteiger partial charge is 0.353 e. The Balaban J connectivity index is 1.70. The molecule has 0 radical (unpaired) electrons. The highest BCUT2D eigenvalue weighted by molar-refractivity contribution is 5.76. The number of hydrogen-bond donors (Lipinski definition) is 2. The molecule has 1 amide bonds. The van der Waals surface area contributed by atoms with Crippen molar-refractivity contribution in [3.8, 4) is 0 Å². The van der Waals surface area contributed by atoms with E-state index < -0.39 is 0 Å². The summed E-state index contributed by atoms with van der Waals surface area (Å²) in [6.07, 6.45) is 7.02. The van der Waals surface area contributed by atoms with Gasteiger partial charge >= 0.3 is 0 Å². The lowest BCUT2D eigenvalue weighted by Gasteiger charge is -2.29. The average Bonchev–Trinajstić information content (AvgIpc) is 2.49. The third-order valence-corrected chi connectivity index (χ3v) is 4.22. The molecule has 1 aromatic carbocycles. The summed E-state index contributed by atoms with van der Waals surface area (Å²) in [5.41, 5.74) is 6.88. The molecule has 0 bridgehead atoms. The van der Waals surface area contributed by atoms with Gasteiger partial charge in [-0.1, -0.05) is 30.3 Å². The number of unbranched alkanes of at least 4 members (excludes halogenated alkanes) is 1. The molecule has 1 fully saturated rings. The highest BCUT2D eigenvalue weighted by Gasteiger charge is 2.23. The molecule has 3 nitrogen and oxygen atoms in total. The van der Waals surface area contributed by atoms with E-state index in [4.69, 9.17) is 5.73 Å². The van der Waals surface area contributed by atoms with Gasteiger partial charge in [0.1, 0.15) is 0 Å². The Morgan fingerprint density at radius 2 is 1.80 bits per heavy atom. The Labute approximate surface area is 121 Å². The van der Waals surface area contributed by atoms with Crippen molar-refractivity contribution in [2.45, 2.75) is 56.9 Å². The summed E-state index contributed by atoms with van der Waals surface area (Å²) in [4.78, 5) is 11.8. The van der Waals surface area contributed by atoms with Crippen molar-refractivity contribution in [1.82, 2.24) is 5.32 Å². The van der Waals surface area contributed by atoms with E-state index in [1.165, 1.54) is 18.4 Å². The van der Waals surface area contributed by atoms with Crippen LogP contribution < -0.4 is 11.1 Å². The standard InChI is InChI=1S/C17H26N2O/c18-13-5-4-8-17(20)19-16-11-9-15(10-12-16)14-6-2-1-3-7-14/h1-3,6-7,15-16H,4-5,8-13,18H2,(H,19,20). The van der Waals surface area contributed by atoms with Crippen LogP contribution in [-0.4, -0.2) is 18.5 Å².